The minimum Gasteiger partial charge on any atom is -0.381 e. The molecule has 5 fully saturated rings. The molecule has 3 aliphatic carbocycles. The van der Waals surface area contributed by atoms with Crippen molar-refractivity contribution in [1.82, 2.24) is 14.5 Å². The molecule has 49 heavy (non-hydrogen) atoms. The van der Waals surface area contributed by atoms with E-state index in [0.717, 1.165) is 64.2 Å². The Morgan fingerprint density at radius 3 is 2.27 bits per heavy atom. The van der Waals surface area contributed by atoms with E-state index < -0.39 is 45.0 Å². The molecule has 5 rings (SSSR count). The number of rotatable bonds is 10. The summed E-state index contributed by atoms with van der Waals surface area (Å²) >= 11 is 0. The summed E-state index contributed by atoms with van der Waals surface area (Å²) in [5.41, 5.74) is -0.792. The number of amides is 2. The Hall–Kier alpha value is -2.18. The molecule has 0 aromatic heterocycles. The third-order valence-corrected chi connectivity index (χ3v) is 14.4. The van der Waals surface area contributed by atoms with Crippen LogP contribution in [-0.2, 0) is 38.7 Å². The highest BCUT2D eigenvalue weighted by molar-refractivity contribution is 7.89. The molecular formula is C37H59N3O8S. The summed E-state index contributed by atoms with van der Waals surface area (Å²) in [6.45, 7) is 5.14. The molecule has 276 valence electrons. The molecule has 0 aromatic rings. The number of sulfonamides is 1. The summed E-state index contributed by atoms with van der Waals surface area (Å²) in [6, 6.07) is -0.670. The summed E-state index contributed by atoms with van der Waals surface area (Å²) in [5.74, 6) is -3.26. The van der Waals surface area contributed by atoms with Gasteiger partial charge >= 0.3 is 0 Å². The number of carbonyl (C=O) groups excluding carboxylic acids is 5. The number of ketones is 3. The quantitative estimate of drug-likeness (QED) is 0.335. The Morgan fingerprint density at radius 2 is 1.59 bits per heavy atom. The SMILES string of the molecule is CN(C)S(=O)(=O)CC1(CC(=O)C[C@H]2COCCCCCCC[C@@H](C(=O)C(=O)NC3CC3)CC(=O)[C@@H]3[C@@H]4[C@H](CN3C2=O)C4(C)C)CCCCC1. The third-order valence-electron chi connectivity index (χ3n) is 12.3. The van der Waals surface area contributed by atoms with E-state index in [-0.39, 0.29) is 72.4 Å². The minimum atomic E-state index is -3.54. The fourth-order valence-corrected chi connectivity index (χ4v) is 10.4. The summed E-state index contributed by atoms with van der Waals surface area (Å²) < 4.78 is 33.2. The van der Waals surface area contributed by atoms with E-state index in [9.17, 15) is 32.4 Å². The molecule has 0 unspecified atom stereocenters. The fourth-order valence-electron chi connectivity index (χ4n) is 9.00. The van der Waals surface area contributed by atoms with Crippen LogP contribution < -0.4 is 5.32 Å². The molecule has 3 saturated carbocycles. The second-order valence-electron chi connectivity index (χ2n) is 16.7. The van der Waals surface area contributed by atoms with Crippen molar-refractivity contribution < 1.29 is 37.1 Å². The van der Waals surface area contributed by atoms with Gasteiger partial charge < -0.3 is 15.0 Å². The lowest BCUT2D eigenvalue weighted by Crippen LogP contribution is -2.49. The van der Waals surface area contributed by atoms with Gasteiger partial charge in [0.25, 0.3) is 5.91 Å². The van der Waals surface area contributed by atoms with Crippen molar-refractivity contribution in [3.8, 4) is 0 Å². The second-order valence-corrected chi connectivity index (χ2v) is 18.9. The van der Waals surface area contributed by atoms with Crippen LogP contribution in [0.25, 0.3) is 0 Å². The molecule has 5 aliphatic rings. The number of hydrogen-bond donors (Lipinski definition) is 1. The van der Waals surface area contributed by atoms with Crippen LogP contribution in [0.5, 0.6) is 0 Å². The van der Waals surface area contributed by atoms with Gasteiger partial charge in [-0.1, -0.05) is 58.8 Å². The van der Waals surface area contributed by atoms with Crippen LogP contribution in [0.15, 0.2) is 0 Å². The van der Waals surface area contributed by atoms with Gasteiger partial charge in [-0.15, -0.1) is 0 Å². The number of Topliss-reactive ketones (excluding diaryl/α,β-unsaturated/α-hetero) is 3. The molecule has 2 saturated heterocycles. The highest BCUT2D eigenvalue weighted by Crippen LogP contribution is 2.65. The number of carbonyl (C=O) groups is 5. The second kappa shape index (κ2) is 15.6. The lowest BCUT2D eigenvalue weighted by molar-refractivity contribution is -0.147. The summed E-state index contributed by atoms with van der Waals surface area (Å²) in [5, 5.41) is 2.80. The van der Waals surface area contributed by atoms with E-state index in [4.69, 9.17) is 4.74 Å². The first-order valence-electron chi connectivity index (χ1n) is 18.8. The van der Waals surface area contributed by atoms with E-state index in [1.54, 1.807) is 4.90 Å². The average Bonchev–Trinajstić information content (AvgIpc) is 3.88. The highest BCUT2D eigenvalue weighted by atomic mass is 32.2. The van der Waals surface area contributed by atoms with Gasteiger partial charge in [-0.25, -0.2) is 12.7 Å². The molecule has 2 aliphatic heterocycles. The molecule has 2 heterocycles. The number of fused-ring (bicyclic) bond motifs is 3. The van der Waals surface area contributed by atoms with Crippen molar-refractivity contribution in [3.05, 3.63) is 0 Å². The standard InChI is InChI=1S/C37H59N3O8S/c1-36(2)29-22-40-32(31(29)36)30(42)20-25(33(43)34(44)38-27-14-15-27)13-9-6-5-7-12-18-48-23-26(35(40)45)19-28(41)21-37(16-10-8-11-17-37)24-49(46,47)39(3)4/h25-27,29,31-32H,5-24H2,1-4H3,(H,38,44)/t25-,26+,29+,31+,32-/m1/s1. The summed E-state index contributed by atoms with van der Waals surface area (Å²) in [7, 11) is -0.505. The minimum absolute atomic E-state index is 0.0431. The Morgan fingerprint density at radius 1 is 0.939 bits per heavy atom. The van der Waals surface area contributed by atoms with E-state index in [0.29, 0.717) is 32.4 Å². The number of nitrogens with zero attached hydrogens (tertiary/aromatic N) is 2. The fraction of sp³-hybridized carbons (Fsp3) is 0.865. The molecule has 2 amide bonds. The number of ether oxygens (including phenoxy) is 1. The van der Waals surface area contributed by atoms with E-state index >= 15 is 0 Å². The number of hydrogen-bond acceptors (Lipinski definition) is 8. The molecule has 11 nitrogen and oxygen atoms in total. The van der Waals surface area contributed by atoms with Crippen molar-refractivity contribution in [2.24, 2.45) is 34.5 Å². The van der Waals surface area contributed by atoms with Crippen LogP contribution >= 0.6 is 0 Å². The lowest BCUT2D eigenvalue weighted by Gasteiger charge is -2.38. The Kier molecular flexibility index (Phi) is 12.1. The van der Waals surface area contributed by atoms with Gasteiger partial charge in [0.2, 0.25) is 21.7 Å². The maximum atomic E-state index is 14.4. The normalized spacial score (nSPS) is 31.1. The molecule has 0 radical (unpaired) electrons. The Labute approximate surface area is 293 Å². The first-order valence-corrected chi connectivity index (χ1v) is 20.4. The van der Waals surface area contributed by atoms with Crippen LogP contribution in [0.2, 0.25) is 0 Å². The van der Waals surface area contributed by atoms with E-state index in [1.807, 2.05) is 0 Å². The largest absolute Gasteiger partial charge is 0.381 e. The third kappa shape index (κ3) is 9.19. The van der Waals surface area contributed by atoms with Gasteiger partial charge in [0.15, 0.2) is 5.78 Å². The van der Waals surface area contributed by atoms with Crippen LogP contribution in [0.4, 0.5) is 0 Å². The van der Waals surface area contributed by atoms with Crippen molar-refractivity contribution in [1.29, 1.82) is 0 Å². The highest BCUT2D eigenvalue weighted by Gasteiger charge is 2.69. The number of piperidine rings is 1. The van der Waals surface area contributed by atoms with Crippen molar-refractivity contribution in [2.45, 2.75) is 129 Å². The van der Waals surface area contributed by atoms with Gasteiger partial charge in [-0.2, -0.15) is 0 Å². The molecule has 0 aromatic carbocycles. The molecule has 0 bridgehead atoms. The average molecular weight is 706 g/mol. The van der Waals surface area contributed by atoms with E-state index in [1.165, 1.54) is 18.4 Å². The number of nitrogens with one attached hydrogen (secondary N) is 1. The van der Waals surface area contributed by atoms with Gasteiger partial charge in [-0.3, -0.25) is 24.0 Å². The maximum Gasteiger partial charge on any atom is 0.287 e. The summed E-state index contributed by atoms with van der Waals surface area (Å²) in [6.07, 6.45) is 10.5. The monoisotopic (exact) mass is 705 g/mol. The molecular weight excluding hydrogens is 646 g/mol. The summed E-state index contributed by atoms with van der Waals surface area (Å²) in [4.78, 5) is 70.3. The maximum absolute atomic E-state index is 14.4. The van der Waals surface area contributed by atoms with Crippen LogP contribution in [0.1, 0.15) is 117 Å². The van der Waals surface area contributed by atoms with Crippen LogP contribution in [0, 0.1) is 34.5 Å². The predicted octanol–water partition coefficient (Wildman–Crippen LogP) is 4.07. The lowest BCUT2D eigenvalue weighted by atomic mass is 9.71. The van der Waals surface area contributed by atoms with E-state index in [2.05, 4.69) is 19.2 Å². The zero-order valence-electron chi connectivity index (χ0n) is 30.2. The molecule has 5 atom stereocenters. The van der Waals surface area contributed by atoms with Gasteiger partial charge in [-0.05, 0) is 61.2 Å². The zero-order valence-corrected chi connectivity index (χ0v) is 31.0. The first kappa shape index (κ1) is 38.1. The van der Waals surface area contributed by atoms with Crippen LogP contribution in [0.3, 0.4) is 0 Å². The Balaban J connectivity index is 1.36. The van der Waals surface area contributed by atoms with Crippen molar-refractivity contribution in [2.75, 3.05) is 39.6 Å². The van der Waals surface area contributed by atoms with Crippen LogP contribution in [-0.4, -0.2) is 98.5 Å². The van der Waals surface area contributed by atoms with Gasteiger partial charge in [0.05, 0.1) is 24.3 Å². The zero-order chi connectivity index (χ0) is 35.6. The Bertz CT molecular complexity index is 1370. The van der Waals surface area contributed by atoms with Gasteiger partial charge in [0.1, 0.15) is 5.78 Å². The first-order chi connectivity index (χ1) is 23.1. The topological polar surface area (TPSA) is 147 Å². The van der Waals surface area contributed by atoms with Crippen molar-refractivity contribution in [3.63, 3.8) is 0 Å². The smallest absolute Gasteiger partial charge is 0.287 e. The molecule has 12 heteroatoms. The van der Waals surface area contributed by atoms with Gasteiger partial charge in [0, 0.05) is 58.5 Å². The molecule has 0 spiro atoms. The predicted molar refractivity (Wildman–Crippen MR) is 185 cm³/mol. The van der Waals surface area contributed by atoms with Crippen molar-refractivity contribution >= 4 is 39.2 Å². The molecule has 1 N–H and O–H groups in total.